The van der Waals surface area contributed by atoms with E-state index in [-0.39, 0.29) is 0 Å². The summed E-state index contributed by atoms with van der Waals surface area (Å²) >= 11 is 0. The van der Waals surface area contributed by atoms with E-state index >= 15 is 0 Å². The standard InChI is InChI=1S/C10H6N2/c1-4-8-7-3-2-6-11-10(7)9(5-1)12-8/h1-6H. The van der Waals surface area contributed by atoms with Crippen molar-refractivity contribution >= 4 is 0 Å². The molecule has 2 nitrogen and oxygen atoms in total. The zero-order valence-corrected chi connectivity index (χ0v) is 6.36. The molecule has 3 rings (SSSR count). The lowest BCUT2D eigenvalue weighted by Crippen LogP contribution is -1.78. The molecule has 12 heavy (non-hydrogen) atoms. The maximum atomic E-state index is 4.39. The van der Waals surface area contributed by atoms with Crippen molar-refractivity contribution in [1.29, 1.82) is 0 Å². The van der Waals surface area contributed by atoms with Crippen LogP contribution in [0.1, 0.15) is 0 Å². The molecule has 0 aromatic carbocycles. The van der Waals surface area contributed by atoms with Gasteiger partial charge in [0, 0.05) is 11.8 Å². The highest BCUT2D eigenvalue weighted by Gasteiger charge is 2.16. The fourth-order valence-corrected chi connectivity index (χ4v) is 1.53. The molecule has 0 spiro atoms. The largest absolute Gasteiger partial charge is 0.254 e. The van der Waals surface area contributed by atoms with Gasteiger partial charge in [0.2, 0.25) is 0 Å². The van der Waals surface area contributed by atoms with Crippen LogP contribution in [0.5, 0.6) is 0 Å². The van der Waals surface area contributed by atoms with Crippen molar-refractivity contribution in [3.8, 4) is 22.6 Å². The van der Waals surface area contributed by atoms with Crippen molar-refractivity contribution in [3.05, 3.63) is 36.5 Å². The maximum Gasteiger partial charge on any atom is 0.0980 e. The molecule has 0 saturated heterocycles. The zero-order valence-electron chi connectivity index (χ0n) is 6.36. The molecule has 0 radical (unpaired) electrons. The summed E-state index contributed by atoms with van der Waals surface area (Å²) in [7, 11) is 0. The highest BCUT2D eigenvalue weighted by atomic mass is 14.8. The van der Waals surface area contributed by atoms with E-state index in [0.29, 0.717) is 0 Å². The van der Waals surface area contributed by atoms with E-state index in [4.69, 9.17) is 0 Å². The quantitative estimate of drug-likeness (QED) is 0.495. The van der Waals surface area contributed by atoms with Gasteiger partial charge in [0.1, 0.15) is 0 Å². The highest BCUT2D eigenvalue weighted by molar-refractivity contribution is 5.82. The first-order chi connectivity index (χ1) is 5.95. The number of hydrogen-bond donors (Lipinski definition) is 0. The van der Waals surface area contributed by atoms with Gasteiger partial charge < -0.3 is 0 Å². The normalized spacial score (nSPS) is 11.3. The molecule has 2 heteroatoms. The van der Waals surface area contributed by atoms with Crippen molar-refractivity contribution in [3.63, 3.8) is 0 Å². The monoisotopic (exact) mass is 154 g/mol. The first-order valence-corrected chi connectivity index (χ1v) is 3.88. The highest BCUT2D eigenvalue weighted by Crippen LogP contribution is 2.34. The number of hydrogen-bond acceptors (Lipinski definition) is 2. The average molecular weight is 154 g/mol. The number of fused-ring (bicyclic) bond motifs is 5. The molecule has 3 heterocycles. The van der Waals surface area contributed by atoms with Gasteiger partial charge in [0.15, 0.2) is 0 Å². The number of aromatic nitrogens is 2. The smallest absolute Gasteiger partial charge is 0.0980 e. The molecule has 2 aromatic rings. The summed E-state index contributed by atoms with van der Waals surface area (Å²) in [5.74, 6) is 0. The van der Waals surface area contributed by atoms with Crippen LogP contribution in [0.4, 0.5) is 0 Å². The first-order valence-electron chi connectivity index (χ1n) is 3.88. The van der Waals surface area contributed by atoms with Gasteiger partial charge in [-0.1, -0.05) is 6.07 Å². The fraction of sp³-hybridized carbons (Fsp3) is 0. The Morgan fingerprint density at radius 1 is 0.917 bits per heavy atom. The molecule has 0 amide bonds. The average Bonchev–Trinajstić information content (AvgIpc) is 2.41. The molecule has 0 fully saturated rings. The molecule has 1 aliphatic rings. The minimum atomic E-state index is 0.989. The second-order valence-corrected chi connectivity index (χ2v) is 2.81. The van der Waals surface area contributed by atoms with Gasteiger partial charge >= 0.3 is 0 Å². The Hall–Kier alpha value is -1.70. The summed E-state index contributed by atoms with van der Waals surface area (Å²) in [5, 5.41) is 0. The molecule has 2 aromatic heterocycles. The third kappa shape index (κ3) is 0.593. The third-order valence-corrected chi connectivity index (χ3v) is 2.08. The van der Waals surface area contributed by atoms with Gasteiger partial charge in [-0.2, -0.15) is 0 Å². The summed E-state index contributed by atoms with van der Waals surface area (Å²) < 4.78 is 0. The van der Waals surface area contributed by atoms with Crippen LogP contribution in [0, 0.1) is 0 Å². The summed E-state index contributed by atoms with van der Waals surface area (Å²) in [5.41, 5.74) is 4.19. The molecular weight excluding hydrogens is 148 g/mol. The van der Waals surface area contributed by atoms with Crippen LogP contribution in [0.2, 0.25) is 0 Å². The Morgan fingerprint density at radius 3 is 2.83 bits per heavy atom. The van der Waals surface area contributed by atoms with Crippen LogP contribution in [0.3, 0.4) is 0 Å². The Morgan fingerprint density at radius 2 is 1.83 bits per heavy atom. The lowest BCUT2D eigenvalue weighted by molar-refractivity contribution is 1.32. The van der Waals surface area contributed by atoms with Crippen LogP contribution in [0.25, 0.3) is 22.6 Å². The Labute approximate surface area is 69.9 Å². The molecule has 0 aliphatic carbocycles. The maximum absolute atomic E-state index is 4.39. The summed E-state index contributed by atoms with van der Waals surface area (Å²) in [6.45, 7) is 0. The van der Waals surface area contributed by atoms with E-state index in [1.54, 1.807) is 6.20 Å². The Kier molecular flexibility index (Phi) is 0.939. The number of nitrogens with zero attached hydrogens (tertiary/aromatic N) is 2. The van der Waals surface area contributed by atoms with E-state index in [0.717, 1.165) is 22.6 Å². The van der Waals surface area contributed by atoms with E-state index in [1.165, 1.54) is 0 Å². The zero-order chi connectivity index (χ0) is 7.97. The van der Waals surface area contributed by atoms with Gasteiger partial charge in [0.25, 0.3) is 0 Å². The third-order valence-electron chi connectivity index (χ3n) is 2.08. The molecule has 56 valence electrons. The van der Waals surface area contributed by atoms with E-state index in [9.17, 15) is 0 Å². The second-order valence-electron chi connectivity index (χ2n) is 2.81. The molecular formula is C10H6N2. The molecule has 1 aliphatic heterocycles. The predicted molar refractivity (Wildman–Crippen MR) is 46.5 cm³/mol. The summed E-state index contributed by atoms with van der Waals surface area (Å²) in [6.07, 6.45) is 1.80. The van der Waals surface area contributed by atoms with Crippen LogP contribution < -0.4 is 0 Å². The number of rotatable bonds is 0. The summed E-state index contributed by atoms with van der Waals surface area (Å²) in [4.78, 5) is 8.67. The number of pyridine rings is 2. The van der Waals surface area contributed by atoms with Crippen molar-refractivity contribution in [2.75, 3.05) is 0 Å². The topological polar surface area (TPSA) is 25.8 Å². The minimum absolute atomic E-state index is 0.989. The van der Waals surface area contributed by atoms with Crippen LogP contribution in [0.15, 0.2) is 36.5 Å². The van der Waals surface area contributed by atoms with Gasteiger partial charge in [-0.25, -0.2) is 4.98 Å². The van der Waals surface area contributed by atoms with Gasteiger partial charge in [-0.15, -0.1) is 0 Å². The van der Waals surface area contributed by atoms with E-state index in [1.807, 2.05) is 24.3 Å². The molecule has 2 bridgehead atoms. The SMILES string of the molecule is c1cc2nc(c1)-c1ncccc1-2. The van der Waals surface area contributed by atoms with Gasteiger partial charge in [0.05, 0.1) is 17.1 Å². The molecule has 0 saturated carbocycles. The van der Waals surface area contributed by atoms with E-state index in [2.05, 4.69) is 16.0 Å². The van der Waals surface area contributed by atoms with Crippen LogP contribution in [-0.4, -0.2) is 9.97 Å². The first kappa shape index (κ1) is 5.89. The van der Waals surface area contributed by atoms with Crippen molar-refractivity contribution in [1.82, 2.24) is 9.97 Å². The predicted octanol–water partition coefficient (Wildman–Crippen LogP) is 2.12. The minimum Gasteiger partial charge on any atom is -0.254 e. The molecule has 0 N–H and O–H groups in total. The Balaban J connectivity index is 2.47. The van der Waals surface area contributed by atoms with Crippen molar-refractivity contribution < 1.29 is 0 Å². The fourth-order valence-electron chi connectivity index (χ4n) is 1.53. The van der Waals surface area contributed by atoms with Gasteiger partial charge in [-0.3, -0.25) is 4.98 Å². The van der Waals surface area contributed by atoms with Crippen LogP contribution in [-0.2, 0) is 0 Å². The second kappa shape index (κ2) is 1.91. The molecule has 0 unspecified atom stereocenters. The van der Waals surface area contributed by atoms with Crippen molar-refractivity contribution in [2.24, 2.45) is 0 Å². The lowest BCUT2D eigenvalue weighted by Gasteiger charge is -1.93. The Bertz CT molecular complexity index is 411. The van der Waals surface area contributed by atoms with Gasteiger partial charge in [-0.05, 0) is 24.3 Å². The van der Waals surface area contributed by atoms with Crippen molar-refractivity contribution in [2.45, 2.75) is 0 Å². The summed E-state index contributed by atoms with van der Waals surface area (Å²) in [6, 6.07) is 10.0. The molecule has 0 atom stereocenters. The van der Waals surface area contributed by atoms with E-state index < -0.39 is 0 Å². The van der Waals surface area contributed by atoms with Crippen LogP contribution >= 0.6 is 0 Å². The lowest BCUT2D eigenvalue weighted by atomic mass is 10.2.